The molecule has 0 bridgehead atoms. The summed E-state index contributed by atoms with van der Waals surface area (Å²) >= 11 is 0. The molecule has 2 heterocycles. The van der Waals surface area contributed by atoms with E-state index >= 15 is 0 Å². The van der Waals surface area contributed by atoms with Gasteiger partial charge in [0.25, 0.3) is 0 Å². The molecule has 106 valence electrons. The maximum Gasteiger partial charge on any atom is 0.0613 e. The minimum atomic E-state index is 0.299. The van der Waals surface area contributed by atoms with Crippen molar-refractivity contribution < 1.29 is 4.74 Å². The van der Waals surface area contributed by atoms with Gasteiger partial charge in [-0.2, -0.15) is 0 Å². The molecule has 2 aliphatic heterocycles. The summed E-state index contributed by atoms with van der Waals surface area (Å²) in [5.41, 5.74) is 0.299. The van der Waals surface area contributed by atoms with Crippen molar-refractivity contribution in [2.75, 3.05) is 26.2 Å². The van der Waals surface area contributed by atoms with Gasteiger partial charge in [-0.15, -0.1) is 0 Å². The Bertz CT molecular complexity index is 271. The molecule has 2 aliphatic rings. The first kappa shape index (κ1) is 14.3. The second-order valence-electron chi connectivity index (χ2n) is 6.44. The lowest BCUT2D eigenvalue weighted by atomic mass is 9.91. The standard InChI is InChI=1S/C15H30N2O/c1-5-14-13(7-8-18-14)10-17-11-15(4,6-2)16-9-12(17)3/h12-14,16H,5-11H2,1-4H3. The van der Waals surface area contributed by atoms with Gasteiger partial charge >= 0.3 is 0 Å². The Labute approximate surface area is 112 Å². The van der Waals surface area contributed by atoms with Crippen LogP contribution < -0.4 is 5.32 Å². The zero-order valence-corrected chi connectivity index (χ0v) is 12.5. The van der Waals surface area contributed by atoms with Crippen LogP contribution in [0, 0.1) is 5.92 Å². The lowest BCUT2D eigenvalue weighted by Gasteiger charge is -2.46. The largest absolute Gasteiger partial charge is 0.378 e. The van der Waals surface area contributed by atoms with Gasteiger partial charge in [0.2, 0.25) is 0 Å². The van der Waals surface area contributed by atoms with Crippen LogP contribution in [0.15, 0.2) is 0 Å². The number of rotatable bonds is 4. The van der Waals surface area contributed by atoms with Crippen molar-refractivity contribution in [1.82, 2.24) is 10.2 Å². The van der Waals surface area contributed by atoms with E-state index in [1.807, 2.05) is 0 Å². The third-order valence-electron chi connectivity index (χ3n) is 5.00. The molecule has 0 radical (unpaired) electrons. The monoisotopic (exact) mass is 254 g/mol. The van der Waals surface area contributed by atoms with Crippen LogP contribution in [0.5, 0.6) is 0 Å². The molecule has 2 fully saturated rings. The van der Waals surface area contributed by atoms with Gasteiger partial charge in [0.1, 0.15) is 0 Å². The van der Waals surface area contributed by atoms with Crippen LogP contribution in [0.1, 0.15) is 47.0 Å². The molecular formula is C15H30N2O. The van der Waals surface area contributed by atoms with E-state index < -0.39 is 0 Å². The summed E-state index contributed by atoms with van der Waals surface area (Å²) < 4.78 is 5.83. The lowest BCUT2D eigenvalue weighted by Crippen LogP contribution is -2.62. The molecule has 3 heteroatoms. The highest BCUT2D eigenvalue weighted by atomic mass is 16.5. The van der Waals surface area contributed by atoms with E-state index in [0.29, 0.717) is 17.7 Å². The van der Waals surface area contributed by atoms with Crippen LogP contribution in [0.2, 0.25) is 0 Å². The van der Waals surface area contributed by atoms with Gasteiger partial charge in [0, 0.05) is 37.8 Å². The summed E-state index contributed by atoms with van der Waals surface area (Å²) in [7, 11) is 0. The van der Waals surface area contributed by atoms with Crippen molar-refractivity contribution in [2.24, 2.45) is 5.92 Å². The number of ether oxygens (including phenoxy) is 1. The third kappa shape index (κ3) is 3.06. The molecule has 4 unspecified atom stereocenters. The molecule has 0 aromatic heterocycles. The first-order valence-electron chi connectivity index (χ1n) is 7.68. The van der Waals surface area contributed by atoms with Crippen molar-refractivity contribution in [3.63, 3.8) is 0 Å². The van der Waals surface area contributed by atoms with Gasteiger partial charge < -0.3 is 10.1 Å². The fraction of sp³-hybridized carbons (Fsp3) is 1.00. The van der Waals surface area contributed by atoms with Gasteiger partial charge in [-0.25, -0.2) is 0 Å². The third-order valence-corrected chi connectivity index (χ3v) is 5.00. The summed E-state index contributed by atoms with van der Waals surface area (Å²) in [4.78, 5) is 2.68. The SMILES string of the molecule is CCC1OCCC1CN1CC(C)(CC)NCC1C. The topological polar surface area (TPSA) is 24.5 Å². The van der Waals surface area contributed by atoms with Crippen molar-refractivity contribution >= 4 is 0 Å². The van der Waals surface area contributed by atoms with Gasteiger partial charge in [-0.1, -0.05) is 13.8 Å². The average Bonchev–Trinajstić information content (AvgIpc) is 2.81. The van der Waals surface area contributed by atoms with Crippen LogP contribution in [0.4, 0.5) is 0 Å². The Hall–Kier alpha value is -0.120. The molecule has 3 nitrogen and oxygen atoms in total. The maximum atomic E-state index is 5.83. The first-order chi connectivity index (χ1) is 8.58. The van der Waals surface area contributed by atoms with Gasteiger partial charge in [0.05, 0.1) is 6.10 Å². The number of nitrogens with one attached hydrogen (secondary N) is 1. The molecule has 0 aromatic rings. The van der Waals surface area contributed by atoms with Gasteiger partial charge in [-0.05, 0) is 39.0 Å². The van der Waals surface area contributed by atoms with E-state index in [9.17, 15) is 0 Å². The minimum absolute atomic E-state index is 0.299. The van der Waals surface area contributed by atoms with Crippen molar-refractivity contribution in [3.8, 4) is 0 Å². The lowest BCUT2D eigenvalue weighted by molar-refractivity contribution is 0.0442. The molecule has 0 amide bonds. The first-order valence-corrected chi connectivity index (χ1v) is 7.68. The zero-order valence-electron chi connectivity index (χ0n) is 12.5. The number of hydrogen-bond acceptors (Lipinski definition) is 3. The zero-order chi connectivity index (χ0) is 13.2. The van der Waals surface area contributed by atoms with Crippen LogP contribution in [0.3, 0.4) is 0 Å². The highest BCUT2D eigenvalue weighted by Gasteiger charge is 2.36. The van der Waals surface area contributed by atoms with Crippen LogP contribution in [-0.2, 0) is 4.74 Å². The molecular weight excluding hydrogens is 224 g/mol. The normalized spacial score (nSPS) is 42.3. The minimum Gasteiger partial charge on any atom is -0.378 e. The number of nitrogens with zero attached hydrogens (tertiary/aromatic N) is 1. The summed E-state index contributed by atoms with van der Waals surface area (Å²) in [6, 6.07) is 0.655. The molecule has 0 aromatic carbocycles. The number of piperazine rings is 1. The molecule has 4 atom stereocenters. The smallest absolute Gasteiger partial charge is 0.0613 e. The predicted octanol–water partition coefficient (Wildman–Crippen LogP) is 2.26. The molecule has 0 spiro atoms. The highest BCUT2D eigenvalue weighted by molar-refractivity contribution is 4.94. The van der Waals surface area contributed by atoms with Crippen LogP contribution in [0.25, 0.3) is 0 Å². The summed E-state index contributed by atoms with van der Waals surface area (Å²) in [6.45, 7) is 13.7. The Kier molecular flexibility index (Phi) is 4.68. The number of hydrogen-bond donors (Lipinski definition) is 1. The van der Waals surface area contributed by atoms with Crippen LogP contribution in [-0.4, -0.2) is 48.8 Å². The second-order valence-corrected chi connectivity index (χ2v) is 6.44. The van der Waals surface area contributed by atoms with Crippen molar-refractivity contribution in [1.29, 1.82) is 0 Å². The quantitative estimate of drug-likeness (QED) is 0.833. The Balaban J connectivity index is 1.94. The van der Waals surface area contributed by atoms with Crippen LogP contribution >= 0.6 is 0 Å². The summed E-state index contributed by atoms with van der Waals surface area (Å²) in [5, 5.41) is 3.70. The summed E-state index contributed by atoms with van der Waals surface area (Å²) in [6.07, 6.45) is 4.11. The summed E-state index contributed by atoms with van der Waals surface area (Å²) in [5.74, 6) is 0.747. The van der Waals surface area contributed by atoms with E-state index in [1.54, 1.807) is 0 Å². The molecule has 18 heavy (non-hydrogen) atoms. The second kappa shape index (κ2) is 5.89. The molecule has 2 rings (SSSR count). The van der Waals surface area contributed by atoms with Gasteiger partial charge in [0.15, 0.2) is 0 Å². The van der Waals surface area contributed by atoms with E-state index in [0.717, 1.165) is 25.5 Å². The van der Waals surface area contributed by atoms with Crippen molar-refractivity contribution in [2.45, 2.75) is 64.6 Å². The Morgan fingerprint density at radius 1 is 1.39 bits per heavy atom. The molecule has 1 N–H and O–H groups in total. The Morgan fingerprint density at radius 2 is 2.17 bits per heavy atom. The van der Waals surface area contributed by atoms with E-state index in [1.165, 1.54) is 25.9 Å². The van der Waals surface area contributed by atoms with Crippen molar-refractivity contribution in [3.05, 3.63) is 0 Å². The average molecular weight is 254 g/mol. The van der Waals surface area contributed by atoms with Gasteiger partial charge in [-0.3, -0.25) is 4.90 Å². The Morgan fingerprint density at radius 3 is 2.83 bits per heavy atom. The molecule has 0 saturated carbocycles. The maximum absolute atomic E-state index is 5.83. The molecule has 2 saturated heterocycles. The highest BCUT2D eigenvalue weighted by Crippen LogP contribution is 2.27. The van der Waals surface area contributed by atoms with E-state index in [2.05, 4.69) is 37.9 Å². The predicted molar refractivity (Wildman–Crippen MR) is 75.9 cm³/mol. The fourth-order valence-corrected chi connectivity index (χ4v) is 3.32. The fourth-order valence-electron chi connectivity index (χ4n) is 3.32. The molecule has 0 aliphatic carbocycles. The van der Waals surface area contributed by atoms with E-state index in [4.69, 9.17) is 4.74 Å². The van der Waals surface area contributed by atoms with E-state index in [-0.39, 0.29) is 0 Å².